The lowest BCUT2D eigenvalue weighted by Crippen LogP contribution is -2.56. The number of fused-ring (bicyclic) bond motifs is 5. The molecule has 146 valence electrons. The van der Waals surface area contributed by atoms with Gasteiger partial charge in [-0.1, -0.05) is 44.7 Å². The highest BCUT2D eigenvalue weighted by molar-refractivity contribution is 6.21. The van der Waals surface area contributed by atoms with Gasteiger partial charge in [-0.2, -0.15) is 0 Å². The molecule has 0 aliphatic heterocycles. The zero-order valence-electron chi connectivity index (χ0n) is 17.3. The van der Waals surface area contributed by atoms with Crippen LogP contribution in [0.3, 0.4) is 0 Å². The van der Waals surface area contributed by atoms with Gasteiger partial charge in [0.25, 0.3) is 0 Å². The summed E-state index contributed by atoms with van der Waals surface area (Å²) in [6.07, 6.45) is 12.6. The van der Waals surface area contributed by atoms with Gasteiger partial charge in [0.15, 0.2) is 0 Å². The molecule has 0 aromatic carbocycles. The fraction of sp³-hybridized carbons (Fsp3) is 0.957. The molecule has 0 spiro atoms. The number of aliphatic carboxylic acids is 1. The summed E-state index contributed by atoms with van der Waals surface area (Å²) in [5.74, 6) is 2.93. The van der Waals surface area contributed by atoms with Gasteiger partial charge in [0.05, 0.1) is 15.7 Å². The third-order valence-electron chi connectivity index (χ3n) is 10.0. The van der Waals surface area contributed by atoms with Gasteiger partial charge in [-0.05, 0) is 85.4 Å². The first kappa shape index (κ1) is 19.9. The quantitative estimate of drug-likeness (QED) is 0.675. The van der Waals surface area contributed by atoms with Crippen LogP contribution >= 0.6 is 0 Å². The minimum atomic E-state index is -0.657. The Morgan fingerprint density at radius 3 is 2.41 bits per heavy atom. The zero-order valence-corrected chi connectivity index (χ0v) is 17.3. The maximum absolute atomic E-state index is 10.9. The molecule has 4 saturated carbocycles. The topological polar surface area (TPSA) is 37.3 Å². The summed E-state index contributed by atoms with van der Waals surface area (Å²) in [4.78, 5) is 10.9. The molecule has 0 saturated heterocycles. The summed E-state index contributed by atoms with van der Waals surface area (Å²) < 4.78 is 0. The molecule has 4 aliphatic rings. The van der Waals surface area contributed by atoms with E-state index in [1.807, 2.05) is 0 Å². The first-order chi connectivity index (χ1) is 12.8. The van der Waals surface area contributed by atoms with Gasteiger partial charge < -0.3 is 5.11 Å². The van der Waals surface area contributed by atoms with Gasteiger partial charge in [-0.3, -0.25) is 4.79 Å². The molecule has 0 bridgehead atoms. The van der Waals surface area contributed by atoms with Crippen molar-refractivity contribution in [1.82, 2.24) is 0 Å². The van der Waals surface area contributed by atoms with Gasteiger partial charge >= 0.3 is 5.97 Å². The standard InChI is InChI=1S/C23H36B2O2/c1-22-13-11-16-19(15(22)10-9-14(22)6-5-8-18(26)27)21(25)20(24)17-7-3-4-12-23(16,17)2/h14-17,19-21H,3-13H2,1-2H3,(H,26,27). The van der Waals surface area contributed by atoms with Crippen molar-refractivity contribution in [2.75, 3.05) is 0 Å². The maximum atomic E-state index is 10.9. The van der Waals surface area contributed by atoms with E-state index in [2.05, 4.69) is 13.8 Å². The predicted octanol–water partition coefficient (Wildman–Crippen LogP) is 5.42. The zero-order chi connectivity index (χ0) is 19.4. The van der Waals surface area contributed by atoms with E-state index in [-0.39, 0.29) is 11.6 Å². The van der Waals surface area contributed by atoms with Crippen LogP contribution in [0.15, 0.2) is 0 Å². The lowest BCUT2D eigenvalue weighted by Gasteiger charge is -2.65. The van der Waals surface area contributed by atoms with Crippen molar-refractivity contribution in [3.05, 3.63) is 0 Å². The fourth-order valence-electron chi connectivity index (χ4n) is 8.59. The minimum Gasteiger partial charge on any atom is -0.481 e. The van der Waals surface area contributed by atoms with E-state index in [1.54, 1.807) is 0 Å². The molecule has 0 heterocycles. The molecule has 9 atom stereocenters. The monoisotopic (exact) mass is 366 g/mol. The molecule has 0 amide bonds. The Kier molecular flexibility index (Phi) is 5.26. The van der Waals surface area contributed by atoms with E-state index in [1.165, 1.54) is 51.4 Å². The smallest absolute Gasteiger partial charge is 0.303 e. The third-order valence-corrected chi connectivity index (χ3v) is 10.0. The summed E-state index contributed by atoms with van der Waals surface area (Å²) in [5.41, 5.74) is 0.732. The van der Waals surface area contributed by atoms with Crippen LogP contribution in [-0.4, -0.2) is 26.8 Å². The predicted molar refractivity (Wildman–Crippen MR) is 111 cm³/mol. The molecular formula is C23H36B2O2. The van der Waals surface area contributed by atoms with E-state index < -0.39 is 5.97 Å². The molecule has 4 aliphatic carbocycles. The van der Waals surface area contributed by atoms with Gasteiger partial charge in [0, 0.05) is 6.42 Å². The molecule has 1 N–H and O–H groups in total. The van der Waals surface area contributed by atoms with Crippen molar-refractivity contribution >= 4 is 21.7 Å². The normalized spacial score (nSPS) is 51.9. The van der Waals surface area contributed by atoms with Crippen LogP contribution in [0, 0.1) is 40.4 Å². The first-order valence-corrected chi connectivity index (χ1v) is 11.5. The number of hydrogen-bond donors (Lipinski definition) is 1. The highest BCUT2D eigenvalue weighted by Gasteiger charge is 2.62. The van der Waals surface area contributed by atoms with Crippen LogP contribution in [-0.2, 0) is 4.79 Å². The van der Waals surface area contributed by atoms with Crippen molar-refractivity contribution in [1.29, 1.82) is 0 Å². The molecular weight excluding hydrogens is 330 g/mol. The maximum Gasteiger partial charge on any atom is 0.303 e. The average Bonchev–Trinajstić information content (AvgIpc) is 2.95. The highest BCUT2D eigenvalue weighted by Crippen LogP contribution is 2.71. The second-order valence-electron chi connectivity index (χ2n) is 10.9. The number of hydrogen-bond acceptors (Lipinski definition) is 1. The van der Waals surface area contributed by atoms with E-state index in [9.17, 15) is 4.79 Å². The van der Waals surface area contributed by atoms with E-state index in [0.717, 1.165) is 18.8 Å². The summed E-state index contributed by atoms with van der Waals surface area (Å²) in [5, 5.41) is 9.01. The highest BCUT2D eigenvalue weighted by atomic mass is 16.4. The Bertz CT molecular complexity index is 581. The second kappa shape index (κ2) is 7.13. The molecule has 27 heavy (non-hydrogen) atoms. The van der Waals surface area contributed by atoms with Crippen LogP contribution in [0.1, 0.15) is 84.5 Å². The molecule has 4 fully saturated rings. The Balaban J connectivity index is 1.57. The van der Waals surface area contributed by atoms with Crippen molar-refractivity contribution in [2.24, 2.45) is 40.4 Å². The summed E-state index contributed by atoms with van der Waals surface area (Å²) >= 11 is 0. The van der Waals surface area contributed by atoms with Crippen LogP contribution < -0.4 is 0 Å². The van der Waals surface area contributed by atoms with Crippen LogP contribution in [0.25, 0.3) is 0 Å². The lowest BCUT2D eigenvalue weighted by molar-refractivity contribution is -0.137. The molecule has 2 nitrogen and oxygen atoms in total. The van der Waals surface area contributed by atoms with Crippen molar-refractivity contribution in [3.63, 3.8) is 0 Å². The number of carboxylic acids is 1. The van der Waals surface area contributed by atoms with E-state index >= 15 is 0 Å². The van der Waals surface area contributed by atoms with Crippen LogP contribution in [0.2, 0.25) is 11.6 Å². The molecule has 0 aromatic rings. The average molecular weight is 366 g/mol. The number of carboxylic acid groups (broad SMARTS) is 1. The van der Waals surface area contributed by atoms with Crippen LogP contribution in [0.5, 0.6) is 0 Å². The first-order valence-electron chi connectivity index (χ1n) is 11.5. The summed E-state index contributed by atoms with van der Waals surface area (Å²) in [6, 6.07) is 0. The SMILES string of the molecule is [B]C1C([B])C2CCCCC2(C)C2CCC3(C)C(CCCC(=O)O)CCC3C12. The summed E-state index contributed by atoms with van der Waals surface area (Å²) in [7, 11) is 13.7. The minimum absolute atomic E-state index is 0.147. The van der Waals surface area contributed by atoms with Gasteiger partial charge in [0.1, 0.15) is 0 Å². The van der Waals surface area contributed by atoms with Gasteiger partial charge in [0.2, 0.25) is 0 Å². The molecule has 4 rings (SSSR count). The third kappa shape index (κ3) is 3.03. The number of rotatable bonds is 4. The fourth-order valence-corrected chi connectivity index (χ4v) is 8.59. The Morgan fingerprint density at radius 2 is 1.67 bits per heavy atom. The molecule has 9 unspecified atom stereocenters. The van der Waals surface area contributed by atoms with Gasteiger partial charge in [-0.15, -0.1) is 0 Å². The Hall–Kier alpha value is -0.400. The molecule has 4 radical (unpaired) electrons. The summed E-state index contributed by atoms with van der Waals surface area (Å²) in [6.45, 7) is 5.04. The Morgan fingerprint density at radius 1 is 0.926 bits per heavy atom. The van der Waals surface area contributed by atoms with Crippen molar-refractivity contribution in [3.8, 4) is 0 Å². The largest absolute Gasteiger partial charge is 0.481 e. The van der Waals surface area contributed by atoms with Crippen molar-refractivity contribution < 1.29 is 9.90 Å². The molecule has 4 heteroatoms. The van der Waals surface area contributed by atoms with E-state index in [4.69, 9.17) is 20.8 Å². The molecule has 0 aromatic heterocycles. The Labute approximate surface area is 168 Å². The number of carbonyl (C=O) groups is 1. The lowest BCUT2D eigenvalue weighted by atomic mass is 9.35. The van der Waals surface area contributed by atoms with E-state index in [0.29, 0.717) is 40.9 Å². The van der Waals surface area contributed by atoms with Crippen LogP contribution in [0.4, 0.5) is 0 Å². The second-order valence-corrected chi connectivity index (χ2v) is 10.9. The van der Waals surface area contributed by atoms with Crippen molar-refractivity contribution in [2.45, 2.75) is 96.1 Å². The van der Waals surface area contributed by atoms with Gasteiger partial charge in [-0.25, -0.2) is 0 Å².